The predicted molar refractivity (Wildman–Crippen MR) is 62.9 cm³/mol. The van der Waals surface area contributed by atoms with Crippen LogP contribution in [0.3, 0.4) is 0 Å². The van der Waals surface area contributed by atoms with Crippen molar-refractivity contribution in [3.8, 4) is 0 Å². The van der Waals surface area contributed by atoms with E-state index in [1.807, 2.05) is 18.7 Å². The monoisotopic (exact) mass is 226 g/mol. The van der Waals surface area contributed by atoms with Crippen LogP contribution in [0.1, 0.15) is 39.5 Å². The molecule has 1 rings (SSSR count). The van der Waals surface area contributed by atoms with Crippen LogP contribution >= 0.6 is 0 Å². The van der Waals surface area contributed by atoms with Crippen molar-refractivity contribution in [1.82, 2.24) is 10.2 Å². The van der Waals surface area contributed by atoms with E-state index >= 15 is 0 Å². The summed E-state index contributed by atoms with van der Waals surface area (Å²) in [5, 5.41) is 2.59. The van der Waals surface area contributed by atoms with E-state index in [2.05, 4.69) is 5.32 Å². The minimum Gasteiger partial charge on any atom is -0.359 e. The Morgan fingerprint density at radius 3 is 2.44 bits per heavy atom. The molecule has 0 aromatic carbocycles. The van der Waals surface area contributed by atoms with Crippen LogP contribution in [0.2, 0.25) is 0 Å². The van der Waals surface area contributed by atoms with Gasteiger partial charge in [-0.3, -0.25) is 9.59 Å². The van der Waals surface area contributed by atoms with E-state index in [0.717, 1.165) is 19.3 Å². The van der Waals surface area contributed by atoms with Crippen LogP contribution in [-0.4, -0.2) is 36.3 Å². The molecule has 0 radical (unpaired) electrons. The molecule has 0 heterocycles. The van der Waals surface area contributed by atoms with Gasteiger partial charge in [-0.05, 0) is 33.1 Å². The summed E-state index contributed by atoms with van der Waals surface area (Å²) in [4.78, 5) is 24.9. The predicted octanol–water partition coefficient (Wildman–Crippen LogP) is 1.16. The average molecular weight is 226 g/mol. The van der Waals surface area contributed by atoms with Crippen molar-refractivity contribution in [2.24, 2.45) is 5.92 Å². The maximum atomic E-state index is 11.9. The second-order valence-electron chi connectivity index (χ2n) is 4.68. The number of nitrogens with zero attached hydrogens (tertiary/aromatic N) is 1. The largest absolute Gasteiger partial charge is 0.359 e. The van der Waals surface area contributed by atoms with Gasteiger partial charge in [-0.1, -0.05) is 0 Å². The number of hydrogen-bond acceptors (Lipinski definition) is 2. The first kappa shape index (κ1) is 13.0. The maximum Gasteiger partial charge on any atom is 0.225 e. The van der Waals surface area contributed by atoms with Gasteiger partial charge in [-0.2, -0.15) is 0 Å². The van der Waals surface area contributed by atoms with Gasteiger partial charge < -0.3 is 10.2 Å². The number of carbonyl (C=O) groups is 2. The van der Waals surface area contributed by atoms with E-state index in [4.69, 9.17) is 0 Å². The van der Waals surface area contributed by atoms with Gasteiger partial charge in [-0.25, -0.2) is 0 Å². The molecule has 1 aliphatic carbocycles. The fourth-order valence-electron chi connectivity index (χ4n) is 1.72. The molecule has 0 bridgehead atoms. The Bertz CT molecular complexity index is 260. The third-order valence-electron chi connectivity index (χ3n) is 2.91. The zero-order valence-electron chi connectivity index (χ0n) is 10.5. The lowest BCUT2D eigenvalue weighted by Crippen LogP contribution is -2.39. The Labute approximate surface area is 97.4 Å². The molecule has 0 aromatic heterocycles. The summed E-state index contributed by atoms with van der Waals surface area (Å²) >= 11 is 0. The van der Waals surface area contributed by atoms with E-state index < -0.39 is 0 Å². The minimum absolute atomic E-state index is 0.0441. The number of amides is 2. The van der Waals surface area contributed by atoms with Gasteiger partial charge in [0.05, 0.1) is 0 Å². The van der Waals surface area contributed by atoms with Gasteiger partial charge in [0, 0.05) is 32.0 Å². The smallest absolute Gasteiger partial charge is 0.225 e. The molecule has 2 amide bonds. The lowest BCUT2D eigenvalue weighted by molar-refractivity contribution is -0.134. The average Bonchev–Trinajstić information content (AvgIpc) is 3.06. The van der Waals surface area contributed by atoms with Crippen molar-refractivity contribution in [3.05, 3.63) is 0 Å². The molecular weight excluding hydrogens is 204 g/mol. The minimum atomic E-state index is 0.0441. The van der Waals surface area contributed by atoms with Crippen molar-refractivity contribution >= 4 is 11.8 Å². The second-order valence-corrected chi connectivity index (χ2v) is 4.68. The fraction of sp³-hybridized carbons (Fsp3) is 0.833. The summed E-state index contributed by atoms with van der Waals surface area (Å²) in [5.41, 5.74) is 0. The van der Waals surface area contributed by atoms with Crippen LogP contribution in [0.15, 0.2) is 0 Å². The molecule has 0 aromatic rings. The molecule has 0 saturated heterocycles. The molecule has 0 unspecified atom stereocenters. The van der Waals surface area contributed by atoms with Crippen molar-refractivity contribution in [2.45, 2.75) is 45.6 Å². The highest BCUT2D eigenvalue weighted by molar-refractivity contribution is 5.81. The molecule has 4 nitrogen and oxygen atoms in total. The summed E-state index contributed by atoms with van der Waals surface area (Å²) in [6, 6.07) is 0.234. The van der Waals surface area contributed by atoms with Crippen molar-refractivity contribution in [2.75, 3.05) is 13.6 Å². The van der Waals surface area contributed by atoms with Gasteiger partial charge in [0.2, 0.25) is 11.8 Å². The van der Waals surface area contributed by atoms with Crippen LogP contribution in [-0.2, 0) is 9.59 Å². The highest BCUT2D eigenvalue weighted by Gasteiger charge is 2.34. The van der Waals surface area contributed by atoms with E-state index in [0.29, 0.717) is 13.0 Å². The lowest BCUT2D eigenvalue weighted by atomic mass is 10.2. The SMILES string of the molecule is CNC(=O)CCCN(C(=O)C1CC1)C(C)C. The summed E-state index contributed by atoms with van der Waals surface area (Å²) in [6.07, 6.45) is 3.32. The Morgan fingerprint density at radius 1 is 1.38 bits per heavy atom. The normalized spacial score (nSPS) is 15.0. The molecule has 0 spiro atoms. The van der Waals surface area contributed by atoms with Gasteiger partial charge >= 0.3 is 0 Å². The lowest BCUT2D eigenvalue weighted by Gasteiger charge is -2.26. The third kappa shape index (κ3) is 3.83. The Kier molecular flexibility index (Phi) is 4.77. The Hall–Kier alpha value is -1.06. The van der Waals surface area contributed by atoms with Gasteiger partial charge in [0.25, 0.3) is 0 Å². The highest BCUT2D eigenvalue weighted by Crippen LogP contribution is 2.31. The number of hydrogen-bond donors (Lipinski definition) is 1. The first-order valence-electron chi connectivity index (χ1n) is 6.07. The van der Waals surface area contributed by atoms with Gasteiger partial charge in [-0.15, -0.1) is 0 Å². The molecule has 1 fully saturated rings. The summed E-state index contributed by atoms with van der Waals surface area (Å²) in [6.45, 7) is 4.75. The first-order valence-corrected chi connectivity index (χ1v) is 6.07. The third-order valence-corrected chi connectivity index (χ3v) is 2.91. The zero-order chi connectivity index (χ0) is 12.1. The van der Waals surface area contributed by atoms with Crippen molar-refractivity contribution < 1.29 is 9.59 Å². The van der Waals surface area contributed by atoms with E-state index in [1.54, 1.807) is 7.05 Å². The number of rotatable bonds is 6. The highest BCUT2D eigenvalue weighted by atomic mass is 16.2. The standard InChI is InChI=1S/C12H22N2O2/c1-9(2)14(12(16)10-6-7-10)8-4-5-11(15)13-3/h9-10H,4-8H2,1-3H3,(H,13,15). The zero-order valence-corrected chi connectivity index (χ0v) is 10.5. The molecule has 0 aliphatic heterocycles. The maximum absolute atomic E-state index is 11.9. The summed E-state index contributed by atoms with van der Waals surface area (Å²) in [5.74, 6) is 0.580. The fourth-order valence-corrected chi connectivity index (χ4v) is 1.72. The van der Waals surface area contributed by atoms with Gasteiger partial charge in [0.15, 0.2) is 0 Å². The molecule has 16 heavy (non-hydrogen) atoms. The molecule has 92 valence electrons. The van der Waals surface area contributed by atoms with Crippen LogP contribution in [0.25, 0.3) is 0 Å². The molecular formula is C12H22N2O2. The Morgan fingerprint density at radius 2 is 2.00 bits per heavy atom. The van der Waals surface area contributed by atoms with Crippen LogP contribution < -0.4 is 5.32 Å². The molecule has 1 aliphatic rings. The number of nitrogens with one attached hydrogen (secondary N) is 1. The van der Waals surface area contributed by atoms with Gasteiger partial charge in [0.1, 0.15) is 0 Å². The topological polar surface area (TPSA) is 49.4 Å². The van der Waals surface area contributed by atoms with Crippen molar-refractivity contribution in [3.63, 3.8) is 0 Å². The second kappa shape index (κ2) is 5.87. The van der Waals surface area contributed by atoms with Crippen LogP contribution in [0.4, 0.5) is 0 Å². The van der Waals surface area contributed by atoms with Crippen LogP contribution in [0, 0.1) is 5.92 Å². The molecule has 1 saturated carbocycles. The summed E-state index contributed by atoms with van der Waals surface area (Å²) in [7, 11) is 1.64. The van der Waals surface area contributed by atoms with E-state index in [-0.39, 0.29) is 23.8 Å². The molecule has 0 atom stereocenters. The van der Waals surface area contributed by atoms with E-state index in [1.165, 1.54) is 0 Å². The van der Waals surface area contributed by atoms with E-state index in [9.17, 15) is 9.59 Å². The molecule has 4 heteroatoms. The Balaban J connectivity index is 2.33. The van der Waals surface area contributed by atoms with Crippen LogP contribution in [0.5, 0.6) is 0 Å². The molecule has 1 N–H and O–H groups in total. The van der Waals surface area contributed by atoms with Crippen molar-refractivity contribution in [1.29, 1.82) is 0 Å². The summed E-state index contributed by atoms with van der Waals surface area (Å²) < 4.78 is 0. The first-order chi connectivity index (χ1) is 7.56. The number of carbonyl (C=O) groups excluding carboxylic acids is 2. The quantitative estimate of drug-likeness (QED) is 0.739.